The van der Waals surface area contributed by atoms with Gasteiger partial charge in [0.25, 0.3) is 5.56 Å². The fraction of sp³-hybridized carbons (Fsp3) is 0.158. The average molecular weight is 517 g/mol. The first-order chi connectivity index (χ1) is 15.2. The number of sulfonamides is 1. The van der Waals surface area contributed by atoms with Crippen LogP contribution in [0.25, 0.3) is 0 Å². The van der Waals surface area contributed by atoms with Crippen molar-refractivity contribution in [2.24, 2.45) is 0 Å². The Kier molecular flexibility index (Phi) is 7.86. The summed E-state index contributed by atoms with van der Waals surface area (Å²) in [5.74, 6) is -0.633. The standard InChI is InChI=1S/C19H16Cl3N5O4S/c20-14-5-4-13(26-17(28)11-27-19(29)18(22)15(21)10-24-27)9-16(14)32(30,31)25-8-6-12-3-1-2-7-23-12/h1-5,7,9-10,25H,6,8,11H2,(H,26,28). The van der Waals surface area contributed by atoms with Crippen LogP contribution >= 0.6 is 34.8 Å². The van der Waals surface area contributed by atoms with Gasteiger partial charge in [-0.25, -0.2) is 17.8 Å². The number of hydrogen-bond acceptors (Lipinski definition) is 6. The summed E-state index contributed by atoms with van der Waals surface area (Å²) in [6.45, 7) is -0.346. The van der Waals surface area contributed by atoms with Crippen molar-refractivity contribution >= 4 is 56.4 Å². The van der Waals surface area contributed by atoms with Gasteiger partial charge in [-0.3, -0.25) is 14.6 Å². The number of nitrogens with one attached hydrogen (secondary N) is 2. The van der Waals surface area contributed by atoms with E-state index in [-0.39, 0.29) is 32.2 Å². The van der Waals surface area contributed by atoms with Crippen LogP contribution in [0.2, 0.25) is 15.1 Å². The summed E-state index contributed by atoms with van der Waals surface area (Å²) in [5, 5.41) is 5.94. The first kappa shape index (κ1) is 24.1. The second-order valence-corrected chi connectivity index (χ2v) is 9.36. The molecule has 0 bridgehead atoms. The highest BCUT2D eigenvalue weighted by Crippen LogP contribution is 2.25. The molecule has 0 saturated carbocycles. The van der Waals surface area contributed by atoms with Crippen LogP contribution in [0.3, 0.4) is 0 Å². The van der Waals surface area contributed by atoms with Crippen LogP contribution in [0.4, 0.5) is 5.69 Å². The van der Waals surface area contributed by atoms with E-state index in [1.165, 1.54) is 18.2 Å². The van der Waals surface area contributed by atoms with Crippen LogP contribution in [-0.2, 0) is 27.8 Å². The molecule has 2 N–H and O–H groups in total. The first-order valence-corrected chi connectivity index (χ1v) is 11.7. The Morgan fingerprint density at radius 3 is 2.59 bits per heavy atom. The Balaban J connectivity index is 1.70. The number of rotatable bonds is 8. The van der Waals surface area contributed by atoms with Gasteiger partial charge in [-0.2, -0.15) is 5.10 Å². The first-order valence-electron chi connectivity index (χ1n) is 9.07. The highest BCUT2D eigenvalue weighted by atomic mass is 35.5. The summed E-state index contributed by atoms with van der Waals surface area (Å²) in [4.78, 5) is 28.2. The third-order valence-corrected chi connectivity index (χ3v) is 6.83. The molecule has 0 unspecified atom stereocenters. The average Bonchev–Trinajstić information content (AvgIpc) is 2.76. The van der Waals surface area contributed by atoms with Gasteiger partial charge in [0.05, 0.1) is 16.2 Å². The monoisotopic (exact) mass is 515 g/mol. The maximum absolute atomic E-state index is 12.7. The van der Waals surface area contributed by atoms with Gasteiger partial charge in [0, 0.05) is 30.5 Å². The molecule has 0 radical (unpaired) electrons. The number of carbonyl (C=O) groups excluding carboxylic acids is 1. The zero-order valence-electron chi connectivity index (χ0n) is 16.3. The predicted molar refractivity (Wildman–Crippen MR) is 122 cm³/mol. The molecular weight excluding hydrogens is 501 g/mol. The molecular formula is C19H16Cl3N5O4S. The maximum Gasteiger partial charge on any atom is 0.287 e. The van der Waals surface area contributed by atoms with Crippen molar-refractivity contribution in [3.8, 4) is 0 Å². The Morgan fingerprint density at radius 2 is 1.88 bits per heavy atom. The molecule has 9 nitrogen and oxygen atoms in total. The zero-order valence-corrected chi connectivity index (χ0v) is 19.3. The fourth-order valence-corrected chi connectivity index (χ4v) is 4.44. The number of aromatic nitrogens is 3. The Labute approximate surface area is 198 Å². The van der Waals surface area contributed by atoms with Crippen molar-refractivity contribution in [1.29, 1.82) is 0 Å². The number of amides is 1. The SMILES string of the molecule is O=C(Cn1ncc(Cl)c(Cl)c1=O)Nc1ccc(Cl)c(S(=O)(=O)NCCc2ccccn2)c1. The van der Waals surface area contributed by atoms with Crippen molar-refractivity contribution in [2.75, 3.05) is 11.9 Å². The highest BCUT2D eigenvalue weighted by Gasteiger charge is 2.19. The Morgan fingerprint density at radius 1 is 1.09 bits per heavy atom. The minimum atomic E-state index is -3.96. The molecule has 1 amide bonds. The minimum Gasteiger partial charge on any atom is -0.324 e. The van der Waals surface area contributed by atoms with E-state index in [1.54, 1.807) is 24.4 Å². The number of anilines is 1. The van der Waals surface area contributed by atoms with Crippen LogP contribution in [0.1, 0.15) is 5.69 Å². The summed E-state index contributed by atoms with van der Waals surface area (Å²) in [7, 11) is -3.96. The predicted octanol–water partition coefficient (Wildman–Crippen LogP) is 2.76. The second-order valence-electron chi connectivity index (χ2n) is 6.43. The molecule has 0 atom stereocenters. The van der Waals surface area contributed by atoms with Gasteiger partial charge in [0.1, 0.15) is 16.5 Å². The molecule has 0 saturated heterocycles. The van der Waals surface area contributed by atoms with Crippen LogP contribution in [-0.4, -0.2) is 35.6 Å². The van der Waals surface area contributed by atoms with Crippen LogP contribution in [0.5, 0.6) is 0 Å². The summed E-state index contributed by atoms with van der Waals surface area (Å²) in [6.07, 6.45) is 3.15. The van der Waals surface area contributed by atoms with Crippen molar-refractivity contribution in [1.82, 2.24) is 19.5 Å². The summed E-state index contributed by atoms with van der Waals surface area (Å²) in [5.41, 5.74) is 0.164. The van der Waals surface area contributed by atoms with Crippen molar-refractivity contribution in [3.63, 3.8) is 0 Å². The Hall–Kier alpha value is -2.50. The van der Waals surface area contributed by atoms with Gasteiger partial charge in [0.2, 0.25) is 15.9 Å². The third-order valence-electron chi connectivity index (χ3n) is 4.14. The van der Waals surface area contributed by atoms with E-state index in [2.05, 4.69) is 20.1 Å². The third kappa shape index (κ3) is 6.05. The molecule has 0 aliphatic rings. The van der Waals surface area contributed by atoms with Crippen LogP contribution in [0, 0.1) is 0 Å². The lowest BCUT2D eigenvalue weighted by Crippen LogP contribution is -2.30. The van der Waals surface area contributed by atoms with E-state index in [9.17, 15) is 18.0 Å². The molecule has 2 aromatic heterocycles. The van der Waals surface area contributed by atoms with E-state index in [4.69, 9.17) is 34.8 Å². The molecule has 3 rings (SSSR count). The smallest absolute Gasteiger partial charge is 0.287 e. The molecule has 0 aliphatic carbocycles. The molecule has 168 valence electrons. The van der Waals surface area contributed by atoms with E-state index in [0.717, 1.165) is 16.6 Å². The quantitative estimate of drug-likeness (QED) is 0.475. The molecule has 3 aromatic rings. The van der Waals surface area contributed by atoms with Crippen molar-refractivity contribution < 1.29 is 13.2 Å². The van der Waals surface area contributed by atoms with Gasteiger partial charge < -0.3 is 5.32 Å². The van der Waals surface area contributed by atoms with Gasteiger partial charge in [-0.05, 0) is 30.3 Å². The number of pyridine rings is 1. The number of benzene rings is 1. The molecule has 1 aromatic carbocycles. The van der Waals surface area contributed by atoms with Crippen molar-refractivity contribution in [2.45, 2.75) is 17.9 Å². The summed E-state index contributed by atoms with van der Waals surface area (Å²) >= 11 is 17.5. The normalized spacial score (nSPS) is 11.3. The second kappa shape index (κ2) is 10.4. The van der Waals surface area contributed by atoms with E-state index < -0.39 is 28.0 Å². The molecule has 0 fully saturated rings. The molecule has 0 aliphatic heterocycles. The largest absolute Gasteiger partial charge is 0.324 e. The summed E-state index contributed by atoms with van der Waals surface area (Å²) in [6, 6.07) is 9.34. The lowest BCUT2D eigenvalue weighted by Gasteiger charge is -2.11. The number of halogens is 3. The van der Waals surface area contributed by atoms with Gasteiger partial charge in [-0.15, -0.1) is 0 Å². The molecule has 0 spiro atoms. The number of carbonyl (C=O) groups is 1. The number of nitrogens with zero attached hydrogens (tertiary/aromatic N) is 3. The van der Waals surface area contributed by atoms with Crippen LogP contribution < -0.4 is 15.6 Å². The maximum atomic E-state index is 12.7. The number of hydrogen-bond donors (Lipinski definition) is 2. The lowest BCUT2D eigenvalue weighted by molar-refractivity contribution is -0.117. The van der Waals surface area contributed by atoms with Crippen LogP contribution in [0.15, 0.2) is 58.5 Å². The summed E-state index contributed by atoms with van der Waals surface area (Å²) < 4.78 is 28.6. The highest BCUT2D eigenvalue weighted by molar-refractivity contribution is 7.89. The minimum absolute atomic E-state index is 0.0179. The molecule has 13 heteroatoms. The van der Waals surface area contributed by atoms with E-state index in [1.807, 2.05) is 0 Å². The van der Waals surface area contributed by atoms with Gasteiger partial charge in [-0.1, -0.05) is 40.9 Å². The topological polar surface area (TPSA) is 123 Å². The zero-order chi connectivity index (χ0) is 23.3. The lowest BCUT2D eigenvalue weighted by atomic mass is 10.3. The van der Waals surface area contributed by atoms with Gasteiger partial charge >= 0.3 is 0 Å². The van der Waals surface area contributed by atoms with E-state index in [0.29, 0.717) is 6.42 Å². The Bertz CT molecular complexity index is 1300. The molecule has 2 heterocycles. The van der Waals surface area contributed by atoms with Crippen molar-refractivity contribution in [3.05, 3.63) is 79.9 Å². The molecule has 32 heavy (non-hydrogen) atoms. The van der Waals surface area contributed by atoms with E-state index >= 15 is 0 Å². The van der Waals surface area contributed by atoms with Gasteiger partial charge in [0.15, 0.2) is 0 Å². The fourth-order valence-electron chi connectivity index (χ4n) is 2.62.